The van der Waals surface area contributed by atoms with Crippen LogP contribution < -0.4 is 0 Å². The number of rotatable bonds is 1. The predicted molar refractivity (Wildman–Crippen MR) is 62.2 cm³/mol. The third-order valence-electron chi connectivity index (χ3n) is 2.81. The average Bonchev–Trinajstić information content (AvgIpc) is 2.89. The van der Waals surface area contributed by atoms with Crippen LogP contribution in [0.4, 0.5) is 0 Å². The lowest BCUT2D eigenvalue weighted by atomic mass is 10.0. The zero-order valence-electron chi connectivity index (χ0n) is 8.34. The van der Waals surface area contributed by atoms with E-state index in [9.17, 15) is 9.59 Å². The molecule has 78 valence electrons. The Hall–Kier alpha value is -1.74. The molecular formula is C13H8O2S. The average molecular weight is 228 g/mol. The van der Waals surface area contributed by atoms with E-state index in [4.69, 9.17) is 0 Å². The summed E-state index contributed by atoms with van der Waals surface area (Å²) >= 11 is 1.46. The van der Waals surface area contributed by atoms with Gasteiger partial charge in [-0.2, -0.15) is 0 Å². The van der Waals surface area contributed by atoms with Crippen molar-refractivity contribution in [2.45, 2.75) is 5.92 Å². The van der Waals surface area contributed by atoms with Crippen LogP contribution in [0.15, 0.2) is 41.8 Å². The maximum atomic E-state index is 12.1. The largest absolute Gasteiger partial charge is 0.293 e. The molecule has 0 N–H and O–H groups in total. The number of fused-ring (bicyclic) bond motifs is 1. The number of benzene rings is 1. The van der Waals surface area contributed by atoms with Crippen LogP contribution in [0.3, 0.4) is 0 Å². The third-order valence-corrected chi connectivity index (χ3v) is 3.75. The molecule has 1 heterocycles. The molecule has 0 radical (unpaired) electrons. The van der Waals surface area contributed by atoms with Crippen molar-refractivity contribution in [3.8, 4) is 0 Å². The molecule has 0 saturated heterocycles. The molecule has 0 amide bonds. The zero-order chi connectivity index (χ0) is 11.1. The molecule has 0 bridgehead atoms. The van der Waals surface area contributed by atoms with E-state index < -0.39 is 5.92 Å². The van der Waals surface area contributed by atoms with Crippen LogP contribution in [0, 0.1) is 0 Å². The van der Waals surface area contributed by atoms with Crippen LogP contribution >= 0.6 is 11.3 Å². The van der Waals surface area contributed by atoms with Crippen molar-refractivity contribution in [3.05, 3.63) is 57.8 Å². The topological polar surface area (TPSA) is 34.1 Å². The number of hydrogen-bond donors (Lipinski definition) is 0. The van der Waals surface area contributed by atoms with Gasteiger partial charge in [-0.05, 0) is 11.4 Å². The van der Waals surface area contributed by atoms with Crippen molar-refractivity contribution in [2.75, 3.05) is 0 Å². The second-order valence-corrected chi connectivity index (χ2v) is 4.70. The van der Waals surface area contributed by atoms with Gasteiger partial charge >= 0.3 is 0 Å². The van der Waals surface area contributed by atoms with E-state index in [0.29, 0.717) is 11.1 Å². The molecular weight excluding hydrogens is 220 g/mol. The Balaban J connectivity index is 2.15. The lowest BCUT2D eigenvalue weighted by molar-refractivity contribution is 0.0892. The summed E-state index contributed by atoms with van der Waals surface area (Å²) in [6, 6.07) is 10.7. The second-order valence-electron chi connectivity index (χ2n) is 3.72. The zero-order valence-corrected chi connectivity index (χ0v) is 9.16. The quantitative estimate of drug-likeness (QED) is 0.703. The molecule has 3 rings (SSSR count). The molecule has 0 fully saturated rings. The van der Waals surface area contributed by atoms with Crippen LogP contribution in [0.25, 0.3) is 0 Å². The van der Waals surface area contributed by atoms with Crippen molar-refractivity contribution in [1.29, 1.82) is 0 Å². The van der Waals surface area contributed by atoms with Gasteiger partial charge in [0.15, 0.2) is 11.6 Å². The maximum absolute atomic E-state index is 12.1. The third kappa shape index (κ3) is 1.18. The first kappa shape index (κ1) is 9.48. The fourth-order valence-electron chi connectivity index (χ4n) is 2.06. The first-order valence-corrected chi connectivity index (χ1v) is 5.88. The molecule has 2 aromatic rings. The van der Waals surface area contributed by atoms with E-state index in [1.165, 1.54) is 11.3 Å². The van der Waals surface area contributed by atoms with Crippen LogP contribution in [-0.4, -0.2) is 11.6 Å². The lowest BCUT2D eigenvalue weighted by Crippen LogP contribution is -2.10. The molecule has 0 atom stereocenters. The van der Waals surface area contributed by atoms with Gasteiger partial charge in [0, 0.05) is 16.0 Å². The van der Waals surface area contributed by atoms with Crippen molar-refractivity contribution in [2.24, 2.45) is 0 Å². The summed E-state index contributed by atoms with van der Waals surface area (Å²) in [7, 11) is 0. The minimum atomic E-state index is -0.600. The van der Waals surface area contributed by atoms with Gasteiger partial charge in [0.1, 0.15) is 5.92 Å². The van der Waals surface area contributed by atoms with E-state index in [1.54, 1.807) is 24.3 Å². The van der Waals surface area contributed by atoms with Crippen molar-refractivity contribution in [1.82, 2.24) is 0 Å². The molecule has 1 aliphatic carbocycles. The molecule has 3 heteroatoms. The molecule has 16 heavy (non-hydrogen) atoms. The monoisotopic (exact) mass is 228 g/mol. The second kappa shape index (κ2) is 3.39. The summed E-state index contributed by atoms with van der Waals surface area (Å²) in [5.41, 5.74) is 1.12. The summed E-state index contributed by atoms with van der Waals surface area (Å²) in [4.78, 5) is 25.0. The van der Waals surface area contributed by atoms with E-state index in [1.807, 2.05) is 17.5 Å². The van der Waals surface area contributed by atoms with Gasteiger partial charge in [0.05, 0.1) is 0 Å². The molecule has 1 aromatic heterocycles. The molecule has 1 aromatic carbocycles. The van der Waals surface area contributed by atoms with Crippen molar-refractivity contribution in [3.63, 3.8) is 0 Å². The van der Waals surface area contributed by atoms with Gasteiger partial charge in [-0.15, -0.1) is 11.3 Å². The van der Waals surface area contributed by atoms with Gasteiger partial charge in [-0.3, -0.25) is 9.59 Å². The summed E-state index contributed by atoms with van der Waals surface area (Å²) in [6.45, 7) is 0. The highest BCUT2D eigenvalue weighted by Gasteiger charge is 2.39. The van der Waals surface area contributed by atoms with Gasteiger partial charge in [-0.25, -0.2) is 0 Å². The lowest BCUT2D eigenvalue weighted by Gasteiger charge is -2.01. The summed E-state index contributed by atoms with van der Waals surface area (Å²) in [5.74, 6) is -0.733. The summed E-state index contributed by atoms with van der Waals surface area (Å²) in [6.07, 6.45) is 0. The Labute approximate surface area is 96.5 Å². The Kier molecular flexibility index (Phi) is 2.01. The Morgan fingerprint density at radius 2 is 1.50 bits per heavy atom. The van der Waals surface area contributed by atoms with Gasteiger partial charge in [-0.1, -0.05) is 30.3 Å². The van der Waals surface area contributed by atoms with E-state index in [-0.39, 0.29) is 11.6 Å². The highest BCUT2D eigenvalue weighted by atomic mass is 32.1. The predicted octanol–water partition coefficient (Wildman–Crippen LogP) is 2.91. The number of ketones is 2. The Morgan fingerprint density at radius 1 is 0.875 bits per heavy atom. The summed E-state index contributed by atoms with van der Waals surface area (Å²) in [5, 5.41) is 1.89. The molecule has 2 nitrogen and oxygen atoms in total. The van der Waals surface area contributed by atoms with Crippen molar-refractivity contribution >= 4 is 22.9 Å². The molecule has 0 saturated carbocycles. The SMILES string of the molecule is O=C1c2ccccc2C(=O)C1c1cccs1. The molecule has 1 aliphatic rings. The minimum Gasteiger partial charge on any atom is -0.293 e. The van der Waals surface area contributed by atoms with Gasteiger partial charge in [0.25, 0.3) is 0 Å². The highest BCUT2D eigenvalue weighted by Crippen LogP contribution is 2.35. The number of thiophene rings is 1. The highest BCUT2D eigenvalue weighted by molar-refractivity contribution is 7.10. The Bertz CT molecular complexity index is 534. The number of hydrogen-bond acceptors (Lipinski definition) is 3. The fourth-order valence-corrected chi connectivity index (χ4v) is 2.88. The van der Waals surface area contributed by atoms with E-state index >= 15 is 0 Å². The first-order chi connectivity index (χ1) is 7.79. The molecule has 0 aliphatic heterocycles. The Morgan fingerprint density at radius 3 is 2.00 bits per heavy atom. The van der Waals surface area contributed by atoms with Crippen molar-refractivity contribution < 1.29 is 9.59 Å². The standard InChI is InChI=1S/C13H8O2S/c14-12-8-4-1-2-5-9(8)13(15)11(12)10-6-3-7-16-10/h1-7,11H. The normalized spacial score (nSPS) is 15.5. The van der Waals surface area contributed by atoms with Crippen LogP contribution in [0.1, 0.15) is 31.5 Å². The summed E-state index contributed by atoms with van der Waals surface area (Å²) < 4.78 is 0. The number of carbonyl (C=O) groups is 2. The minimum absolute atomic E-state index is 0.0666. The fraction of sp³-hybridized carbons (Fsp3) is 0.0769. The van der Waals surface area contributed by atoms with Crippen LogP contribution in [-0.2, 0) is 0 Å². The first-order valence-electron chi connectivity index (χ1n) is 5.00. The molecule has 0 spiro atoms. The van der Waals surface area contributed by atoms with Gasteiger partial charge < -0.3 is 0 Å². The van der Waals surface area contributed by atoms with Crippen LogP contribution in [0.5, 0.6) is 0 Å². The smallest absolute Gasteiger partial charge is 0.179 e. The number of carbonyl (C=O) groups excluding carboxylic acids is 2. The molecule has 0 unspecified atom stereocenters. The maximum Gasteiger partial charge on any atom is 0.179 e. The van der Waals surface area contributed by atoms with E-state index in [2.05, 4.69) is 0 Å². The van der Waals surface area contributed by atoms with E-state index in [0.717, 1.165) is 4.88 Å². The van der Waals surface area contributed by atoms with Crippen LogP contribution in [0.2, 0.25) is 0 Å². The van der Waals surface area contributed by atoms with Gasteiger partial charge in [0.2, 0.25) is 0 Å². The number of Topliss-reactive ketones (excluding diaryl/α,β-unsaturated/α-hetero) is 2.